The summed E-state index contributed by atoms with van der Waals surface area (Å²) in [6, 6.07) is -0.888. The second-order valence-electron chi connectivity index (χ2n) is 20.6. The molecule has 0 spiro atoms. The average molecular weight is 939 g/mol. The Hall–Kier alpha value is -1.02. The number of nitrogens with zero attached hydrogens (tertiary/aromatic N) is 1. The molecule has 0 aliphatic heterocycles. The first-order valence-electron chi connectivity index (χ1n) is 28.2. The van der Waals surface area contributed by atoms with Crippen LogP contribution in [0.5, 0.6) is 0 Å². The Morgan fingerprint density at radius 3 is 1.25 bits per heavy atom. The van der Waals surface area contributed by atoms with Gasteiger partial charge in [-0.15, -0.1) is 0 Å². The average Bonchev–Trinajstić information content (AvgIpc) is 3.26. The van der Waals surface area contributed by atoms with E-state index in [0.717, 1.165) is 57.8 Å². The van der Waals surface area contributed by atoms with E-state index >= 15 is 0 Å². The number of nitrogens with one attached hydrogen (secondary N) is 1. The van der Waals surface area contributed by atoms with Gasteiger partial charge in [0.25, 0.3) is 7.82 Å². The standard InChI is InChI=1S/C56H111N2O6P/c1-6-8-10-12-14-16-18-19-20-21-22-23-24-25-26-27-28-29-30-31-32-33-34-35-36-37-38-40-41-43-45-47-49-55(59)54(53-64-65(61,62)63-52-51-58(3,4)5)57-56(60)50-48-46-44-42-39-17-15-13-11-9-7-2/h13,15,47,49,54-55,59H,6-12,14,16-46,48,50-53H2,1-5H3,(H-,57,60,61,62)/b15-13-,49-47+. The molecule has 0 aliphatic rings. The zero-order chi connectivity index (χ0) is 47.8. The maximum absolute atomic E-state index is 12.9. The fourth-order valence-electron chi connectivity index (χ4n) is 8.43. The second kappa shape index (κ2) is 48.0. The summed E-state index contributed by atoms with van der Waals surface area (Å²) in [4.78, 5) is 25.3. The molecule has 0 rings (SSSR count). The minimum absolute atomic E-state index is 0.00138. The molecule has 386 valence electrons. The third kappa shape index (κ3) is 50.7. The summed E-state index contributed by atoms with van der Waals surface area (Å²) in [5, 5.41) is 13.8. The van der Waals surface area contributed by atoms with Crippen LogP contribution in [0, 0.1) is 0 Å². The van der Waals surface area contributed by atoms with Crippen molar-refractivity contribution in [2.75, 3.05) is 40.9 Å². The SMILES string of the molecule is CCCC/C=C\CCCCCCCC(=O)NC(COP(=O)([O-])OCC[N+](C)(C)C)C(O)/C=C/CCCCCCCCCCCCCCCCCCCCCCCCCCCCCCCC. The molecule has 2 N–H and O–H groups in total. The number of allylic oxidation sites excluding steroid dienone is 3. The maximum Gasteiger partial charge on any atom is 0.268 e. The number of amides is 1. The highest BCUT2D eigenvalue weighted by Crippen LogP contribution is 2.38. The summed E-state index contributed by atoms with van der Waals surface area (Å²) >= 11 is 0. The van der Waals surface area contributed by atoms with E-state index in [0.29, 0.717) is 17.4 Å². The third-order valence-corrected chi connectivity index (χ3v) is 13.9. The van der Waals surface area contributed by atoms with Crippen molar-refractivity contribution in [3.8, 4) is 0 Å². The highest BCUT2D eigenvalue weighted by molar-refractivity contribution is 7.45. The van der Waals surface area contributed by atoms with Gasteiger partial charge >= 0.3 is 0 Å². The molecule has 0 aromatic carbocycles. The van der Waals surface area contributed by atoms with E-state index in [-0.39, 0.29) is 19.1 Å². The van der Waals surface area contributed by atoms with Crippen molar-refractivity contribution in [2.24, 2.45) is 0 Å². The lowest BCUT2D eigenvalue weighted by atomic mass is 10.0. The fraction of sp³-hybridized carbons (Fsp3) is 0.911. The number of phosphoric acid groups is 1. The first kappa shape index (κ1) is 64.0. The molecule has 8 nitrogen and oxygen atoms in total. The smallest absolute Gasteiger partial charge is 0.268 e. The van der Waals surface area contributed by atoms with Crippen LogP contribution >= 0.6 is 7.82 Å². The van der Waals surface area contributed by atoms with Gasteiger partial charge < -0.3 is 28.8 Å². The van der Waals surface area contributed by atoms with Crippen LogP contribution in [-0.2, 0) is 18.4 Å². The Morgan fingerprint density at radius 2 is 0.862 bits per heavy atom. The number of carbonyl (C=O) groups is 1. The van der Waals surface area contributed by atoms with Gasteiger partial charge in [0, 0.05) is 6.42 Å². The van der Waals surface area contributed by atoms with Crippen molar-refractivity contribution in [1.82, 2.24) is 5.32 Å². The zero-order valence-electron chi connectivity index (χ0n) is 44.0. The number of unbranched alkanes of at least 4 members (excludes halogenated alkanes) is 37. The quantitative estimate of drug-likeness (QED) is 0.0272. The summed E-state index contributed by atoms with van der Waals surface area (Å²) in [6.07, 6.45) is 59.9. The number of carbonyl (C=O) groups excluding carboxylic acids is 1. The molecule has 1 amide bonds. The van der Waals surface area contributed by atoms with Gasteiger partial charge in [-0.2, -0.15) is 0 Å². The number of aliphatic hydroxyl groups excluding tert-OH is 1. The van der Waals surface area contributed by atoms with Gasteiger partial charge in [0.15, 0.2) is 0 Å². The van der Waals surface area contributed by atoms with Crippen LogP contribution < -0.4 is 10.2 Å². The zero-order valence-corrected chi connectivity index (χ0v) is 44.9. The van der Waals surface area contributed by atoms with Crippen LogP contribution in [0.1, 0.15) is 277 Å². The molecule has 0 radical (unpaired) electrons. The largest absolute Gasteiger partial charge is 0.756 e. The lowest BCUT2D eigenvalue weighted by Crippen LogP contribution is -2.45. The van der Waals surface area contributed by atoms with Crippen molar-refractivity contribution < 1.29 is 32.9 Å². The van der Waals surface area contributed by atoms with Crippen LogP contribution in [-0.4, -0.2) is 68.5 Å². The van der Waals surface area contributed by atoms with Gasteiger partial charge in [0.1, 0.15) is 13.2 Å². The lowest BCUT2D eigenvalue weighted by Gasteiger charge is -2.29. The van der Waals surface area contributed by atoms with Crippen molar-refractivity contribution in [3.63, 3.8) is 0 Å². The molecule has 3 unspecified atom stereocenters. The Kier molecular flexibility index (Phi) is 47.3. The summed E-state index contributed by atoms with van der Waals surface area (Å²) in [7, 11) is 1.26. The number of likely N-dealkylation sites (N-methyl/N-ethyl adjacent to an activating group) is 1. The second-order valence-corrected chi connectivity index (χ2v) is 22.1. The van der Waals surface area contributed by atoms with Crippen LogP contribution in [0.3, 0.4) is 0 Å². The first-order valence-corrected chi connectivity index (χ1v) is 29.7. The van der Waals surface area contributed by atoms with E-state index in [2.05, 4.69) is 31.3 Å². The summed E-state index contributed by atoms with van der Waals surface area (Å²) in [5.74, 6) is -0.206. The van der Waals surface area contributed by atoms with Crippen LogP contribution in [0.15, 0.2) is 24.3 Å². The van der Waals surface area contributed by atoms with Gasteiger partial charge in [0.05, 0.1) is 39.9 Å². The lowest BCUT2D eigenvalue weighted by molar-refractivity contribution is -0.870. The van der Waals surface area contributed by atoms with E-state index in [1.54, 1.807) is 6.08 Å². The number of rotatable bonds is 52. The Labute approximate surface area is 404 Å². The van der Waals surface area contributed by atoms with Gasteiger partial charge in [0.2, 0.25) is 5.91 Å². The molecule has 0 aromatic rings. The van der Waals surface area contributed by atoms with E-state index in [9.17, 15) is 19.4 Å². The Morgan fingerprint density at radius 1 is 0.523 bits per heavy atom. The van der Waals surface area contributed by atoms with Gasteiger partial charge in [-0.05, 0) is 38.5 Å². The topological polar surface area (TPSA) is 108 Å². The molecule has 0 fully saturated rings. The fourth-order valence-corrected chi connectivity index (χ4v) is 9.15. The molecular weight excluding hydrogens is 828 g/mol. The van der Waals surface area contributed by atoms with E-state index < -0.39 is 20.0 Å². The predicted octanol–water partition coefficient (Wildman–Crippen LogP) is 16.2. The number of hydrogen-bond acceptors (Lipinski definition) is 6. The number of aliphatic hydroxyl groups is 1. The highest BCUT2D eigenvalue weighted by atomic mass is 31.2. The molecule has 0 aromatic heterocycles. The van der Waals surface area contributed by atoms with Crippen molar-refractivity contribution >= 4 is 13.7 Å². The van der Waals surface area contributed by atoms with Gasteiger partial charge in [-0.25, -0.2) is 0 Å². The van der Waals surface area contributed by atoms with E-state index in [1.165, 1.54) is 199 Å². The number of hydrogen-bond donors (Lipinski definition) is 2. The normalized spacial score (nSPS) is 14.1. The molecular formula is C56H111N2O6P. The summed E-state index contributed by atoms with van der Waals surface area (Å²) in [5.41, 5.74) is 0. The Bertz CT molecular complexity index is 1110. The van der Waals surface area contributed by atoms with Gasteiger partial charge in [-0.1, -0.05) is 256 Å². The summed E-state index contributed by atoms with van der Waals surface area (Å²) < 4.78 is 23.3. The molecule has 0 saturated carbocycles. The van der Waals surface area contributed by atoms with Crippen LogP contribution in [0.4, 0.5) is 0 Å². The van der Waals surface area contributed by atoms with Crippen molar-refractivity contribution in [2.45, 2.75) is 289 Å². The predicted molar refractivity (Wildman–Crippen MR) is 279 cm³/mol. The van der Waals surface area contributed by atoms with E-state index in [1.807, 2.05) is 27.2 Å². The molecule has 3 atom stereocenters. The van der Waals surface area contributed by atoms with Crippen LogP contribution in [0.25, 0.3) is 0 Å². The monoisotopic (exact) mass is 939 g/mol. The van der Waals surface area contributed by atoms with Gasteiger partial charge in [-0.3, -0.25) is 9.36 Å². The van der Waals surface area contributed by atoms with E-state index in [4.69, 9.17) is 9.05 Å². The molecule has 0 heterocycles. The van der Waals surface area contributed by atoms with Crippen LogP contribution in [0.2, 0.25) is 0 Å². The minimum atomic E-state index is -4.59. The molecule has 0 aliphatic carbocycles. The Balaban J connectivity index is 4.01. The van der Waals surface area contributed by atoms with Crippen molar-refractivity contribution in [3.05, 3.63) is 24.3 Å². The summed E-state index contributed by atoms with van der Waals surface area (Å²) in [6.45, 7) is 4.62. The first-order chi connectivity index (χ1) is 31.5. The molecule has 65 heavy (non-hydrogen) atoms. The molecule has 0 bridgehead atoms. The minimum Gasteiger partial charge on any atom is -0.756 e. The molecule has 0 saturated heterocycles. The third-order valence-electron chi connectivity index (χ3n) is 12.9. The maximum atomic E-state index is 12.9. The highest BCUT2D eigenvalue weighted by Gasteiger charge is 2.23. The molecule has 9 heteroatoms. The number of phosphoric ester groups is 1. The van der Waals surface area contributed by atoms with Crippen molar-refractivity contribution in [1.29, 1.82) is 0 Å². The number of quaternary nitrogens is 1.